The quantitative estimate of drug-likeness (QED) is 0.610. The summed E-state index contributed by atoms with van der Waals surface area (Å²) in [6.45, 7) is 7.71. The molecule has 0 aliphatic carbocycles. The molecule has 1 fully saturated rings. The normalized spacial score (nSPS) is 24.9. The van der Waals surface area contributed by atoms with Gasteiger partial charge < -0.3 is 16.0 Å². The van der Waals surface area contributed by atoms with Gasteiger partial charge in [0.1, 0.15) is 0 Å². The molecule has 1 heterocycles. The van der Waals surface area contributed by atoms with Gasteiger partial charge in [0.05, 0.1) is 0 Å². The molecule has 3 nitrogen and oxygen atoms in total. The van der Waals surface area contributed by atoms with Crippen LogP contribution in [0.1, 0.15) is 26.2 Å². The molecule has 0 aromatic carbocycles. The Labute approximate surface area is 81.7 Å². The molecule has 1 rings (SSSR count). The van der Waals surface area contributed by atoms with Gasteiger partial charge in [-0.1, -0.05) is 19.8 Å². The van der Waals surface area contributed by atoms with Gasteiger partial charge in [-0.25, -0.2) is 0 Å². The van der Waals surface area contributed by atoms with Gasteiger partial charge in [0.15, 0.2) is 0 Å². The van der Waals surface area contributed by atoms with Crippen molar-refractivity contribution in [2.45, 2.75) is 32.2 Å². The molecule has 1 atom stereocenters. The van der Waals surface area contributed by atoms with Crippen LogP contribution in [0.5, 0.6) is 0 Å². The molecule has 0 saturated carbocycles. The molecular formula is C10H23N3. The van der Waals surface area contributed by atoms with Crippen molar-refractivity contribution in [3.63, 3.8) is 0 Å². The molecule has 13 heavy (non-hydrogen) atoms. The van der Waals surface area contributed by atoms with Gasteiger partial charge in [-0.05, 0) is 13.0 Å². The van der Waals surface area contributed by atoms with Crippen LogP contribution in [-0.2, 0) is 0 Å². The van der Waals surface area contributed by atoms with Gasteiger partial charge in [-0.2, -0.15) is 0 Å². The van der Waals surface area contributed by atoms with E-state index in [-0.39, 0.29) is 0 Å². The molecule has 78 valence electrons. The summed E-state index contributed by atoms with van der Waals surface area (Å²) < 4.78 is 0. The van der Waals surface area contributed by atoms with Crippen LogP contribution in [-0.4, -0.2) is 43.7 Å². The zero-order valence-electron chi connectivity index (χ0n) is 8.76. The third kappa shape index (κ3) is 4.07. The predicted octanol–water partition coefficient (Wildman–Crippen LogP) is 0.409. The van der Waals surface area contributed by atoms with E-state index < -0.39 is 0 Å². The van der Waals surface area contributed by atoms with E-state index in [0.29, 0.717) is 6.04 Å². The van der Waals surface area contributed by atoms with Crippen LogP contribution >= 0.6 is 0 Å². The van der Waals surface area contributed by atoms with Crippen molar-refractivity contribution in [2.75, 3.05) is 32.7 Å². The number of hydrogen-bond acceptors (Lipinski definition) is 3. The van der Waals surface area contributed by atoms with Crippen molar-refractivity contribution in [1.29, 1.82) is 0 Å². The number of hydrogen-bond donors (Lipinski definition) is 2. The first kappa shape index (κ1) is 11.0. The van der Waals surface area contributed by atoms with Gasteiger partial charge in [0.2, 0.25) is 0 Å². The fraction of sp³-hybridized carbons (Fsp3) is 1.00. The predicted molar refractivity (Wildman–Crippen MR) is 56.8 cm³/mol. The van der Waals surface area contributed by atoms with E-state index in [9.17, 15) is 0 Å². The van der Waals surface area contributed by atoms with Crippen molar-refractivity contribution in [3.8, 4) is 0 Å². The lowest BCUT2D eigenvalue weighted by atomic mass is 10.2. The maximum atomic E-state index is 5.63. The monoisotopic (exact) mass is 185 g/mol. The first-order chi connectivity index (χ1) is 6.36. The summed E-state index contributed by atoms with van der Waals surface area (Å²) in [7, 11) is 0. The Balaban J connectivity index is 2.11. The minimum Gasteiger partial charge on any atom is -0.329 e. The molecular weight excluding hydrogens is 162 g/mol. The standard InChI is InChI=1S/C10H23N3/c1-2-3-4-6-13-7-5-12-10(8-11)9-13/h10,12H,2-9,11H2,1H3. The molecule has 0 radical (unpaired) electrons. The highest BCUT2D eigenvalue weighted by molar-refractivity contribution is 4.78. The van der Waals surface area contributed by atoms with E-state index in [1.54, 1.807) is 0 Å². The van der Waals surface area contributed by atoms with Crippen LogP contribution in [0.15, 0.2) is 0 Å². The number of rotatable bonds is 5. The summed E-state index contributed by atoms with van der Waals surface area (Å²) in [5.74, 6) is 0. The third-order valence-electron chi connectivity index (χ3n) is 2.70. The number of nitrogens with one attached hydrogen (secondary N) is 1. The van der Waals surface area contributed by atoms with Crippen LogP contribution in [0.25, 0.3) is 0 Å². The smallest absolute Gasteiger partial charge is 0.0318 e. The largest absolute Gasteiger partial charge is 0.329 e. The number of nitrogens with zero attached hydrogens (tertiary/aromatic N) is 1. The van der Waals surface area contributed by atoms with Crippen molar-refractivity contribution in [2.24, 2.45) is 5.73 Å². The molecule has 1 unspecified atom stereocenters. The Bertz CT molecular complexity index is 127. The average Bonchev–Trinajstić information content (AvgIpc) is 2.19. The van der Waals surface area contributed by atoms with Gasteiger partial charge in [0.25, 0.3) is 0 Å². The lowest BCUT2D eigenvalue weighted by molar-refractivity contribution is 0.199. The Morgan fingerprint density at radius 2 is 2.31 bits per heavy atom. The molecule has 0 aromatic heterocycles. The van der Waals surface area contributed by atoms with Crippen LogP contribution < -0.4 is 11.1 Å². The topological polar surface area (TPSA) is 41.3 Å². The van der Waals surface area contributed by atoms with Gasteiger partial charge in [0, 0.05) is 32.2 Å². The molecule has 1 aliphatic heterocycles. The van der Waals surface area contributed by atoms with Crippen LogP contribution in [0, 0.1) is 0 Å². The van der Waals surface area contributed by atoms with E-state index >= 15 is 0 Å². The first-order valence-corrected chi connectivity index (χ1v) is 5.52. The second-order valence-corrected chi connectivity index (χ2v) is 3.89. The zero-order chi connectivity index (χ0) is 9.52. The minimum absolute atomic E-state index is 0.523. The molecule has 0 aromatic rings. The van der Waals surface area contributed by atoms with Gasteiger partial charge in [-0.3, -0.25) is 0 Å². The van der Waals surface area contributed by atoms with Gasteiger partial charge >= 0.3 is 0 Å². The molecule has 0 bridgehead atoms. The fourth-order valence-corrected chi connectivity index (χ4v) is 1.84. The highest BCUT2D eigenvalue weighted by Gasteiger charge is 2.16. The summed E-state index contributed by atoms with van der Waals surface area (Å²) in [5.41, 5.74) is 5.63. The van der Waals surface area contributed by atoms with E-state index in [1.807, 2.05) is 0 Å². The summed E-state index contributed by atoms with van der Waals surface area (Å²) in [4.78, 5) is 2.53. The van der Waals surface area contributed by atoms with E-state index in [0.717, 1.165) is 19.6 Å². The molecule has 1 saturated heterocycles. The van der Waals surface area contributed by atoms with Crippen LogP contribution in [0.2, 0.25) is 0 Å². The van der Waals surface area contributed by atoms with Crippen molar-refractivity contribution < 1.29 is 0 Å². The number of piperazine rings is 1. The zero-order valence-corrected chi connectivity index (χ0v) is 8.76. The van der Waals surface area contributed by atoms with Crippen LogP contribution in [0.4, 0.5) is 0 Å². The summed E-state index contributed by atoms with van der Waals surface area (Å²) in [6.07, 6.45) is 4.01. The third-order valence-corrected chi connectivity index (χ3v) is 2.70. The molecule has 0 amide bonds. The first-order valence-electron chi connectivity index (χ1n) is 5.52. The lowest BCUT2D eigenvalue weighted by Gasteiger charge is -2.33. The molecule has 1 aliphatic rings. The molecule has 3 N–H and O–H groups in total. The Hall–Kier alpha value is -0.120. The lowest BCUT2D eigenvalue weighted by Crippen LogP contribution is -2.53. The number of nitrogens with two attached hydrogens (primary N) is 1. The average molecular weight is 185 g/mol. The number of unbranched alkanes of at least 4 members (excludes halogenated alkanes) is 2. The Morgan fingerprint density at radius 1 is 1.46 bits per heavy atom. The summed E-state index contributed by atoms with van der Waals surface area (Å²) in [6, 6.07) is 0.523. The second-order valence-electron chi connectivity index (χ2n) is 3.89. The maximum Gasteiger partial charge on any atom is 0.0318 e. The van der Waals surface area contributed by atoms with Gasteiger partial charge in [-0.15, -0.1) is 0 Å². The molecule has 0 spiro atoms. The highest BCUT2D eigenvalue weighted by Crippen LogP contribution is 2.02. The van der Waals surface area contributed by atoms with Crippen molar-refractivity contribution in [1.82, 2.24) is 10.2 Å². The SMILES string of the molecule is CCCCCN1CCNC(CN)C1. The van der Waals surface area contributed by atoms with Crippen molar-refractivity contribution >= 4 is 0 Å². The maximum absolute atomic E-state index is 5.63. The van der Waals surface area contributed by atoms with Crippen molar-refractivity contribution in [3.05, 3.63) is 0 Å². The van der Waals surface area contributed by atoms with E-state index in [1.165, 1.54) is 32.4 Å². The fourth-order valence-electron chi connectivity index (χ4n) is 1.84. The van der Waals surface area contributed by atoms with Crippen LogP contribution in [0.3, 0.4) is 0 Å². The highest BCUT2D eigenvalue weighted by atomic mass is 15.2. The Kier molecular flexibility index (Phi) is 5.35. The molecule has 3 heteroatoms. The minimum atomic E-state index is 0.523. The Morgan fingerprint density at radius 3 is 3.00 bits per heavy atom. The second kappa shape index (κ2) is 6.35. The summed E-state index contributed by atoms with van der Waals surface area (Å²) >= 11 is 0. The summed E-state index contributed by atoms with van der Waals surface area (Å²) in [5, 5.41) is 3.42. The van der Waals surface area contributed by atoms with E-state index in [4.69, 9.17) is 5.73 Å². The van der Waals surface area contributed by atoms with E-state index in [2.05, 4.69) is 17.1 Å².